The van der Waals surface area contributed by atoms with E-state index in [1.165, 1.54) is 0 Å². The van der Waals surface area contributed by atoms with Gasteiger partial charge in [-0.1, -0.05) is 18.2 Å². The van der Waals surface area contributed by atoms with Crippen molar-refractivity contribution in [3.63, 3.8) is 0 Å². The van der Waals surface area contributed by atoms with Gasteiger partial charge in [0.25, 0.3) is 0 Å². The maximum absolute atomic E-state index is 6.47. The molecule has 0 spiro atoms. The van der Waals surface area contributed by atoms with Crippen LogP contribution in [-0.4, -0.2) is 40.0 Å². The van der Waals surface area contributed by atoms with Crippen molar-refractivity contribution in [1.29, 1.82) is 0 Å². The fourth-order valence-electron chi connectivity index (χ4n) is 3.57. The third kappa shape index (κ3) is 3.75. The summed E-state index contributed by atoms with van der Waals surface area (Å²) in [6.45, 7) is 4.01. The lowest BCUT2D eigenvalue weighted by molar-refractivity contribution is 0.205. The number of hydrogen-bond donors (Lipinski definition) is 0. The lowest BCUT2D eigenvalue weighted by Crippen LogP contribution is -2.12. The summed E-state index contributed by atoms with van der Waals surface area (Å²) in [4.78, 5) is 3.09. The highest BCUT2D eigenvalue weighted by molar-refractivity contribution is 7.10. The molecule has 0 saturated carbocycles. The van der Waals surface area contributed by atoms with Crippen LogP contribution >= 0.6 is 22.9 Å². The van der Waals surface area contributed by atoms with Gasteiger partial charge >= 0.3 is 0 Å². The monoisotopic (exact) mass is 441 g/mol. The standard InChI is InChI=1S/C22H24ClN5OS/c1-14-20-15(2)28(26-21(20)22(25-24-14)27(3)4)16-8-5-6-9-17(16)29-18(11-12-23)19-10-7-13-30-19/h5-10,13,18H,11-12H2,1-4H3. The second-order valence-corrected chi connectivity index (χ2v) is 8.65. The zero-order chi connectivity index (χ0) is 21.3. The summed E-state index contributed by atoms with van der Waals surface area (Å²) in [5.41, 5.74) is 3.57. The smallest absolute Gasteiger partial charge is 0.179 e. The van der Waals surface area contributed by atoms with Crippen LogP contribution in [0.15, 0.2) is 41.8 Å². The van der Waals surface area contributed by atoms with Crippen LogP contribution in [0.3, 0.4) is 0 Å². The summed E-state index contributed by atoms with van der Waals surface area (Å²) in [5, 5.41) is 16.7. The maximum atomic E-state index is 6.47. The van der Waals surface area contributed by atoms with Gasteiger partial charge < -0.3 is 9.64 Å². The number of hydrogen-bond acceptors (Lipinski definition) is 6. The maximum Gasteiger partial charge on any atom is 0.179 e. The van der Waals surface area contributed by atoms with E-state index in [0.717, 1.165) is 50.8 Å². The van der Waals surface area contributed by atoms with Gasteiger partial charge in [-0.05, 0) is 37.4 Å². The number of halogens is 1. The summed E-state index contributed by atoms with van der Waals surface area (Å²) < 4.78 is 8.39. The Kier molecular flexibility index (Phi) is 5.92. The Labute approximate surface area is 185 Å². The lowest BCUT2D eigenvalue weighted by Gasteiger charge is -2.19. The molecule has 4 rings (SSSR count). The van der Waals surface area contributed by atoms with Crippen molar-refractivity contribution in [2.45, 2.75) is 26.4 Å². The van der Waals surface area contributed by atoms with Gasteiger partial charge in [-0.15, -0.1) is 28.0 Å². The molecule has 1 unspecified atom stereocenters. The summed E-state index contributed by atoms with van der Waals surface area (Å²) in [7, 11) is 3.89. The van der Waals surface area contributed by atoms with Crippen LogP contribution in [0.2, 0.25) is 0 Å². The third-order valence-electron chi connectivity index (χ3n) is 5.00. The van der Waals surface area contributed by atoms with Crippen molar-refractivity contribution >= 4 is 39.7 Å². The highest BCUT2D eigenvalue weighted by Gasteiger charge is 2.21. The van der Waals surface area contributed by atoms with Crippen molar-refractivity contribution < 1.29 is 4.74 Å². The second kappa shape index (κ2) is 8.62. The predicted molar refractivity (Wildman–Crippen MR) is 123 cm³/mol. The van der Waals surface area contributed by atoms with E-state index in [4.69, 9.17) is 21.4 Å². The number of fused-ring (bicyclic) bond motifs is 1. The summed E-state index contributed by atoms with van der Waals surface area (Å²) >= 11 is 7.75. The number of nitrogens with zero attached hydrogens (tertiary/aromatic N) is 5. The molecule has 0 radical (unpaired) electrons. The Bertz CT molecular complexity index is 1160. The molecule has 0 aliphatic heterocycles. The number of alkyl halides is 1. The second-order valence-electron chi connectivity index (χ2n) is 7.29. The first-order valence-electron chi connectivity index (χ1n) is 9.76. The Balaban J connectivity index is 1.83. The normalized spacial score (nSPS) is 12.3. The molecule has 3 heterocycles. The van der Waals surface area contributed by atoms with Crippen LogP contribution < -0.4 is 9.64 Å². The number of ether oxygens (including phenoxy) is 1. The minimum absolute atomic E-state index is 0.101. The molecule has 156 valence electrons. The molecule has 6 nitrogen and oxygen atoms in total. The van der Waals surface area contributed by atoms with E-state index in [1.807, 2.05) is 60.9 Å². The van der Waals surface area contributed by atoms with Crippen molar-refractivity contribution in [2.75, 3.05) is 24.9 Å². The number of benzene rings is 1. The van der Waals surface area contributed by atoms with Crippen LogP contribution in [0.1, 0.15) is 28.8 Å². The SMILES string of the molecule is Cc1nnc(N(C)C)c2nn(-c3ccccc3OC(CCCl)c3cccs3)c(C)c12. The van der Waals surface area contributed by atoms with Crippen LogP contribution in [0, 0.1) is 13.8 Å². The highest BCUT2D eigenvalue weighted by Crippen LogP contribution is 2.34. The molecule has 0 fully saturated rings. The Hall–Kier alpha value is -2.64. The number of rotatable bonds is 7. The number of thiophene rings is 1. The number of aryl methyl sites for hydroxylation is 2. The van der Waals surface area contributed by atoms with E-state index < -0.39 is 0 Å². The molecule has 0 bridgehead atoms. The largest absolute Gasteiger partial charge is 0.483 e. The van der Waals surface area contributed by atoms with Crippen molar-refractivity contribution in [3.8, 4) is 11.4 Å². The number of anilines is 1. The quantitative estimate of drug-likeness (QED) is 0.364. The third-order valence-corrected chi connectivity index (χ3v) is 6.19. The topological polar surface area (TPSA) is 56.1 Å². The van der Waals surface area contributed by atoms with Gasteiger partial charge in [0.2, 0.25) is 0 Å². The zero-order valence-corrected chi connectivity index (χ0v) is 19.0. The van der Waals surface area contributed by atoms with E-state index >= 15 is 0 Å². The number of aromatic nitrogens is 4. The molecular formula is C22H24ClN5OS. The average molecular weight is 442 g/mol. The van der Waals surface area contributed by atoms with Gasteiger partial charge in [0.05, 0.1) is 16.8 Å². The van der Waals surface area contributed by atoms with Crippen molar-refractivity contribution in [2.24, 2.45) is 0 Å². The molecule has 0 aliphatic carbocycles. The van der Waals surface area contributed by atoms with Gasteiger partial charge in [0.1, 0.15) is 23.1 Å². The fraction of sp³-hybridized carbons (Fsp3) is 0.318. The Morgan fingerprint density at radius 2 is 1.93 bits per heavy atom. The van der Waals surface area contributed by atoms with Gasteiger partial charge in [-0.25, -0.2) is 4.68 Å². The molecule has 30 heavy (non-hydrogen) atoms. The van der Waals surface area contributed by atoms with E-state index in [1.54, 1.807) is 11.3 Å². The molecule has 4 aromatic rings. The first-order valence-corrected chi connectivity index (χ1v) is 11.2. The van der Waals surface area contributed by atoms with Gasteiger partial charge in [0.15, 0.2) is 5.82 Å². The summed E-state index contributed by atoms with van der Waals surface area (Å²) in [6.07, 6.45) is 0.630. The Morgan fingerprint density at radius 3 is 2.63 bits per heavy atom. The van der Waals surface area contributed by atoms with Gasteiger partial charge in [0, 0.05) is 31.3 Å². The molecule has 1 aromatic carbocycles. The van der Waals surface area contributed by atoms with E-state index in [0.29, 0.717) is 5.88 Å². The van der Waals surface area contributed by atoms with Gasteiger partial charge in [-0.3, -0.25) is 0 Å². The molecule has 8 heteroatoms. The minimum atomic E-state index is -0.101. The van der Waals surface area contributed by atoms with E-state index in [9.17, 15) is 0 Å². The van der Waals surface area contributed by atoms with E-state index in [-0.39, 0.29) is 6.10 Å². The molecule has 0 aliphatic rings. The van der Waals surface area contributed by atoms with Crippen LogP contribution in [0.25, 0.3) is 16.6 Å². The first-order chi connectivity index (χ1) is 14.5. The van der Waals surface area contributed by atoms with Crippen LogP contribution in [0.5, 0.6) is 5.75 Å². The summed E-state index contributed by atoms with van der Waals surface area (Å²) in [6, 6.07) is 12.1. The molecule has 0 N–H and O–H groups in total. The molecule has 0 amide bonds. The Morgan fingerprint density at radius 1 is 1.13 bits per heavy atom. The van der Waals surface area contributed by atoms with E-state index in [2.05, 4.69) is 28.6 Å². The molecule has 1 atom stereocenters. The van der Waals surface area contributed by atoms with Crippen molar-refractivity contribution in [1.82, 2.24) is 20.0 Å². The average Bonchev–Trinajstić information content (AvgIpc) is 3.37. The molecule has 3 aromatic heterocycles. The van der Waals surface area contributed by atoms with Crippen LogP contribution in [-0.2, 0) is 0 Å². The minimum Gasteiger partial charge on any atom is -0.483 e. The predicted octanol–water partition coefficient (Wildman–Crippen LogP) is 5.31. The molecule has 0 saturated heterocycles. The zero-order valence-electron chi connectivity index (χ0n) is 17.5. The lowest BCUT2D eigenvalue weighted by atomic mass is 10.2. The highest BCUT2D eigenvalue weighted by atomic mass is 35.5. The van der Waals surface area contributed by atoms with Crippen LogP contribution in [0.4, 0.5) is 5.82 Å². The van der Waals surface area contributed by atoms with Gasteiger partial charge in [-0.2, -0.15) is 10.2 Å². The van der Waals surface area contributed by atoms with Crippen molar-refractivity contribution in [3.05, 3.63) is 58.0 Å². The summed E-state index contributed by atoms with van der Waals surface area (Å²) in [5.74, 6) is 2.04. The fourth-order valence-corrected chi connectivity index (χ4v) is 4.55. The number of para-hydroxylation sites is 2. The first kappa shape index (κ1) is 20.6. The molecular weight excluding hydrogens is 418 g/mol.